The molecule has 2 saturated heterocycles. The summed E-state index contributed by atoms with van der Waals surface area (Å²) in [6.45, 7) is 14.1. The summed E-state index contributed by atoms with van der Waals surface area (Å²) >= 11 is 37.9. The summed E-state index contributed by atoms with van der Waals surface area (Å²) in [5.41, 5.74) is 4.15. The highest BCUT2D eigenvalue weighted by Gasteiger charge is 2.25. The van der Waals surface area contributed by atoms with Gasteiger partial charge < -0.3 is 39.2 Å². The zero-order valence-corrected chi connectivity index (χ0v) is 48.3. The van der Waals surface area contributed by atoms with Gasteiger partial charge in [-0.15, -0.1) is 15.3 Å². The van der Waals surface area contributed by atoms with Crippen LogP contribution in [0.2, 0.25) is 20.2 Å². The topological polar surface area (TPSA) is 267 Å². The third kappa shape index (κ3) is 15.3. The van der Waals surface area contributed by atoms with Crippen molar-refractivity contribution < 1.29 is 33.2 Å². The Morgan fingerprint density at radius 3 is 1.45 bits per heavy atom. The molecular formula is C46H48Cl7N16O8P. The number of likely N-dealkylation sites (N-methyl/N-ethyl adjacent to an activating group) is 2. The number of aromatic amines is 1. The van der Waals surface area contributed by atoms with Crippen LogP contribution in [0, 0.1) is 0 Å². The van der Waals surface area contributed by atoms with Gasteiger partial charge in [0.05, 0.1) is 52.9 Å². The fraction of sp³-hybridized carbons (Fsp3) is 0.348. The Kier molecular flexibility index (Phi) is 20.7. The van der Waals surface area contributed by atoms with Crippen LogP contribution in [0.5, 0.6) is 0 Å². The van der Waals surface area contributed by atoms with Crippen molar-refractivity contribution in [2.45, 2.75) is 20.8 Å². The minimum Gasteiger partial charge on any atom is -0.460 e. The first-order valence-electron chi connectivity index (χ1n) is 23.6. The smallest absolute Gasteiger partial charge is 0.378 e. The number of H-pyrrole nitrogens is 1. The molecule has 11 rings (SSSR count). The number of ether oxygens (including phenoxy) is 3. The first-order valence-corrected chi connectivity index (χ1v) is 29.6. The van der Waals surface area contributed by atoms with Crippen molar-refractivity contribution in [2.75, 3.05) is 91.2 Å². The summed E-state index contributed by atoms with van der Waals surface area (Å²) in [6, 6.07) is 15.4. The molecule has 0 atom stereocenters. The average Bonchev–Trinajstić information content (AvgIpc) is 4.33. The highest BCUT2D eigenvalue weighted by Crippen LogP contribution is 2.61. The van der Waals surface area contributed by atoms with E-state index in [9.17, 15) is 23.7 Å². The highest BCUT2D eigenvalue weighted by molar-refractivity contribution is 8.24. The quantitative estimate of drug-likeness (QED) is 0.0862. The van der Waals surface area contributed by atoms with E-state index in [0.29, 0.717) is 48.3 Å². The zero-order valence-electron chi connectivity index (χ0n) is 42.1. The van der Waals surface area contributed by atoms with Crippen molar-refractivity contribution in [3.8, 4) is 0 Å². The van der Waals surface area contributed by atoms with Crippen LogP contribution in [0.3, 0.4) is 0 Å². The van der Waals surface area contributed by atoms with Crippen LogP contribution in [-0.2, 0) is 18.8 Å². The third-order valence-electron chi connectivity index (χ3n) is 11.1. The van der Waals surface area contributed by atoms with Gasteiger partial charge in [-0.3, -0.25) is 9.36 Å². The van der Waals surface area contributed by atoms with E-state index in [1.54, 1.807) is 73.8 Å². The lowest BCUT2D eigenvalue weighted by Gasteiger charge is -2.33. The Morgan fingerprint density at radius 2 is 0.974 bits per heavy atom. The van der Waals surface area contributed by atoms with E-state index in [2.05, 4.69) is 108 Å². The Bertz CT molecular complexity index is 3740. The molecule has 2 aliphatic rings. The molecular weight excluding hydrogens is 1180 g/mol. The molecule has 3 aromatic carbocycles. The molecule has 0 saturated carbocycles. The number of halogens is 7. The van der Waals surface area contributed by atoms with E-state index < -0.39 is 28.7 Å². The average molecular weight is 1230 g/mol. The number of fused-ring (bicyclic) bond motifs is 9. The van der Waals surface area contributed by atoms with Crippen LogP contribution in [0.4, 0.5) is 5.82 Å². The molecule has 24 nitrogen and oxygen atoms in total. The van der Waals surface area contributed by atoms with Crippen LogP contribution in [0.1, 0.15) is 52.6 Å². The summed E-state index contributed by atoms with van der Waals surface area (Å²) in [7, 11) is 4.25. The van der Waals surface area contributed by atoms with E-state index in [1.807, 2.05) is 6.07 Å². The number of rotatable bonds is 7. The summed E-state index contributed by atoms with van der Waals surface area (Å²) in [5, 5.41) is 14.3. The van der Waals surface area contributed by atoms with E-state index in [4.69, 9.17) is 65.6 Å². The summed E-state index contributed by atoms with van der Waals surface area (Å²) in [5.74, 6) is -1.32. The molecule has 2 N–H and O–H groups in total. The van der Waals surface area contributed by atoms with Gasteiger partial charge in [0.2, 0.25) is 5.65 Å². The second-order valence-electron chi connectivity index (χ2n) is 16.6. The molecule has 9 aromatic rings. The van der Waals surface area contributed by atoms with Gasteiger partial charge in [0.15, 0.2) is 22.3 Å². The Hall–Kier alpha value is -5.76. The lowest BCUT2D eigenvalue weighted by Crippen LogP contribution is -2.45. The number of anilines is 1. The number of aromatic nitrogens is 12. The monoisotopic (exact) mass is 1230 g/mol. The predicted molar refractivity (Wildman–Crippen MR) is 301 cm³/mol. The number of hydrogen-bond donors (Lipinski definition) is 2. The van der Waals surface area contributed by atoms with Gasteiger partial charge in [-0.25, -0.2) is 37.9 Å². The van der Waals surface area contributed by atoms with Crippen molar-refractivity contribution in [3.63, 3.8) is 0 Å². The highest BCUT2D eigenvalue weighted by atomic mass is 36.0. The third-order valence-corrected chi connectivity index (χ3v) is 12.1. The van der Waals surface area contributed by atoms with Crippen LogP contribution in [-0.4, -0.2) is 173 Å². The normalized spacial score (nSPS) is 14.0. The molecule has 0 aliphatic carbocycles. The second kappa shape index (κ2) is 26.9. The number of nitrogens with one attached hydrogen (secondary N) is 2. The Balaban J connectivity index is 0.000000154. The Morgan fingerprint density at radius 1 is 0.564 bits per heavy atom. The summed E-state index contributed by atoms with van der Waals surface area (Å²) < 4.78 is 28.6. The van der Waals surface area contributed by atoms with Crippen LogP contribution >= 0.6 is 85.3 Å². The molecule has 0 spiro atoms. The minimum absolute atomic E-state index is 0.0165. The van der Waals surface area contributed by atoms with E-state index in [-0.39, 0.29) is 53.7 Å². The van der Waals surface area contributed by atoms with Crippen molar-refractivity contribution in [1.29, 1.82) is 0 Å². The molecule has 8 heterocycles. The molecule has 78 heavy (non-hydrogen) atoms. The number of carbonyl (C=O) groups is 3. The van der Waals surface area contributed by atoms with E-state index in [0.717, 1.165) is 50.6 Å². The van der Waals surface area contributed by atoms with Gasteiger partial charge in [0.25, 0.3) is 23.0 Å². The fourth-order valence-corrected chi connectivity index (χ4v) is 8.24. The van der Waals surface area contributed by atoms with Crippen LogP contribution < -0.4 is 15.8 Å². The maximum Gasteiger partial charge on any atom is 0.378 e. The standard InChI is InChI=1S/C17H19ClN6O2.C12H8Cl2N4O2.C12H9ClN4O3.C5H12N2.Cl3OP/c1-3-26-17(25)14-20-16-15(23-8-6-22(2)7-9-23)19-12-5-4-11(18)10-13(12)24(16)21-14;1-2-20-12(19)10-16-11-9(14)15-7-4-3-6(13)5-8(7)18(11)17-10;1-2-20-12(19)9-15-10-11(18)14-7-4-3-6(13)5-8(7)17(10)16-9;1-7-4-2-6-3-5-7;1-5(2,3)4/h4-5,10H,3,6-9H2,1-2H3;3-5H,2H2,1H3;3-5H,2H2,1H3,(H,14,18);6H,2-5H2,1H3;. The largest absolute Gasteiger partial charge is 0.460 e. The van der Waals surface area contributed by atoms with Crippen molar-refractivity contribution >= 4 is 159 Å². The lowest BCUT2D eigenvalue weighted by molar-refractivity contribution is 0.0503. The van der Waals surface area contributed by atoms with Gasteiger partial charge in [-0.1, -0.05) is 46.4 Å². The number of nitrogens with zero attached hydrogens (tertiary/aromatic N) is 14. The molecule has 2 fully saturated rings. The molecule has 0 radical (unpaired) electrons. The number of hydrogen-bond acceptors (Lipinski definition) is 20. The van der Waals surface area contributed by atoms with E-state index in [1.165, 1.54) is 22.1 Å². The summed E-state index contributed by atoms with van der Waals surface area (Å²) in [4.78, 5) is 78.1. The van der Waals surface area contributed by atoms with Crippen LogP contribution in [0.15, 0.2) is 59.4 Å². The number of piperazine rings is 2. The van der Waals surface area contributed by atoms with Crippen molar-refractivity contribution in [2.24, 2.45) is 0 Å². The number of benzene rings is 3. The molecule has 414 valence electrons. The molecule has 32 heteroatoms. The van der Waals surface area contributed by atoms with Gasteiger partial charge in [0.1, 0.15) is 0 Å². The van der Waals surface area contributed by atoms with Gasteiger partial charge in [-0.2, -0.15) is 15.0 Å². The zero-order chi connectivity index (χ0) is 56.4. The Labute approximate surface area is 477 Å². The maximum atomic E-state index is 12.1. The maximum absolute atomic E-state index is 12.1. The van der Waals surface area contributed by atoms with Crippen LogP contribution in [0.25, 0.3) is 50.0 Å². The predicted octanol–water partition coefficient (Wildman–Crippen LogP) is 8.35. The first kappa shape index (κ1) is 59.9. The number of esters is 3. The van der Waals surface area contributed by atoms with Gasteiger partial charge in [0, 0.05) is 67.4 Å². The number of carbonyl (C=O) groups excluding carboxylic acids is 3. The fourth-order valence-electron chi connectivity index (χ4n) is 7.52. The molecule has 0 unspecified atom stereocenters. The van der Waals surface area contributed by atoms with Gasteiger partial charge in [-0.05, 0) is 123 Å². The summed E-state index contributed by atoms with van der Waals surface area (Å²) in [6.07, 6.45) is 0. The second-order valence-corrected chi connectivity index (χ2v) is 24.9. The minimum atomic E-state index is -3.22. The lowest BCUT2D eigenvalue weighted by atomic mass is 10.3. The molecule has 0 bridgehead atoms. The molecule has 6 aromatic heterocycles. The molecule has 0 amide bonds. The van der Waals surface area contributed by atoms with Crippen molar-refractivity contribution in [1.82, 2.24) is 73.9 Å². The van der Waals surface area contributed by atoms with E-state index >= 15 is 0 Å². The molecule has 2 aliphatic heterocycles. The first-order chi connectivity index (χ1) is 37.1. The van der Waals surface area contributed by atoms with Gasteiger partial charge >= 0.3 is 23.1 Å². The SMILES string of the molecule is CCOC(=O)c1nc2c(=O)[nH]c3ccc(Cl)cc3n2n1.CCOC(=O)c1nc2c(Cl)nc3ccc(Cl)cc3n2n1.CCOC(=O)c1nc2c(N3CCN(C)CC3)nc3ccc(Cl)cc3n2n1.CN1CCNCC1.O=P(Cl)(Cl)Cl. The van der Waals surface area contributed by atoms with Crippen molar-refractivity contribution in [3.05, 3.63) is 103 Å².